The van der Waals surface area contributed by atoms with E-state index in [0.29, 0.717) is 12.2 Å². The average molecular weight is 678 g/mol. The number of ether oxygens (including phenoxy) is 2. The van der Waals surface area contributed by atoms with Gasteiger partial charge in [-0.2, -0.15) is 0 Å². The average Bonchev–Trinajstić information content (AvgIpc) is 3.48. The summed E-state index contributed by atoms with van der Waals surface area (Å²) in [7, 11) is 0. The van der Waals surface area contributed by atoms with Crippen LogP contribution in [0.1, 0.15) is 0 Å². The molecule has 2 aliphatic rings. The Kier molecular flexibility index (Phi) is 7.70. The Balaban J connectivity index is 1.47. The second-order valence-electron chi connectivity index (χ2n) is 6.07. The predicted molar refractivity (Wildman–Crippen MR) is 129 cm³/mol. The maximum Gasteiger partial charge on any atom is 0.0903 e. The maximum atomic E-state index is 5.31. The van der Waals surface area contributed by atoms with E-state index in [2.05, 4.69) is 88.0 Å². The van der Waals surface area contributed by atoms with Gasteiger partial charge in [-0.3, -0.25) is 0 Å². The highest BCUT2D eigenvalue weighted by atomic mass is 79.9. The highest BCUT2D eigenvalue weighted by Gasteiger charge is 2.24. The van der Waals surface area contributed by atoms with Gasteiger partial charge in [0.25, 0.3) is 0 Å². The summed E-state index contributed by atoms with van der Waals surface area (Å²) in [6.45, 7) is 1.78. The lowest BCUT2D eigenvalue weighted by atomic mass is 10.4. The van der Waals surface area contributed by atoms with Gasteiger partial charge in [0.05, 0.1) is 25.4 Å². The van der Waals surface area contributed by atoms with Gasteiger partial charge in [-0.25, -0.2) is 0 Å². The zero-order valence-corrected chi connectivity index (χ0v) is 22.6. The number of epoxide rings is 2. The molecule has 0 radical (unpaired) electrons. The third-order valence-corrected chi connectivity index (χ3v) is 10.8. The first-order valence-corrected chi connectivity index (χ1v) is 14.1. The van der Waals surface area contributed by atoms with E-state index in [1.807, 2.05) is 23.5 Å². The first-order chi connectivity index (χ1) is 13.0. The molecule has 2 nitrogen and oxygen atoms in total. The lowest BCUT2D eigenvalue weighted by molar-refractivity contribution is 0.426. The van der Waals surface area contributed by atoms with Crippen LogP contribution in [0.3, 0.4) is 0 Å². The Morgan fingerprint density at radius 3 is 1.33 bits per heavy atom. The van der Waals surface area contributed by atoms with Crippen LogP contribution in [0.5, 0.6) is 0 Å². The summed E-state index contributed by atoms with van der Waals surface area (Å²) >= 11 is 20.3. The Hall–Kier alpha value is 1.33. The molecule has 27 heavy (non-hydrogen) atoms. The first-order valence-electron chi connectivity index (χ1n) is 8.14. The predicted octanol–water partition coefficient (Wildman–Crippen LogP) is 7.87. The van der Waals surface area contributed by atoms with E-state index in [9.17, 15) is 0 Å². The van der Waals surface area contributed by atoms with Crippen molar-refractivity contribution in [3.8, 4) is 0 Å². The van der Waals surface area contributed by atoms with Gasteiger partial charge in [0.1, 0.15) is 0 Å². The molecular formula is C18H14Br4O2S3. The van der Waals surface area contributed by atoms with Crippen molar-refractivity contribution in [1.82, 2.24) is 0 Å². The van der Waals surface area contributed by atoms with Crippen molar-refractivity contribution in [2.75, 3.05) is 24.7 Å². The summed E-state index contributed by atoms with van der Waals surface area (Å²) in [6.07, 6.45) is 0.834. The minimum atomic E-state index is 0.417. The van der Waals surface area contributed by atoms with E-state index in [4.69, 9.17) is 9.47 Å². The maximum absolute atomic E-state index is 5.31. The summed E-state index contributed by atoms with van der Waals surface area (Å²) in [4.78, 5) is 4.83. The van der Waals surface area contributed by atoms with E-state index in [-0.39, 0.29) is 0 Å². The van der Waals surface area contributed by atoms with Crippen molar-refractivity contribution in [3.05, 3.63) is 42.2 Å². The molecule has 2 saturated heterocycles. The van der Waals surface area contributed by atoms with Gasteiger partial charge in [0, 0.05) is 49.0 Å². The molecule has 2 unspecified atom stereocenters. The molecule has 0 saturated carbocycles. The van der Waals surface area contributed by atoms with Crippen molar-refractivity contribution in [1.29, 1.82) is 0 Å². The first kappa shape index (κ1) is 21.6. The second kappa shape index (κ2) is 9.64. The van der Waals surface area contributed by atoms with Crippen LogP contribution in [0.15, 0.2) is 61.7 Å². The molecule has 2 aliphatic heterocycles. The van der Waals surface area contributed by atoms with E-state index >= 15 is 0 Å². The van der Waals surface area contributed by atoms with Gasteiger partial charge in [-0.15, -0.1) is 23.5 Å². The zero-order chi connectivity index (χ0) is 19.0. The lowest BCUT2D eigenvalue weighted by Crippen LogP contribution is -1.91. The minimum absolute atomic E-state index is 0.417. The Morgan fingerprint density at radius 1 is 0.704 bits per heavy atom. The lowest BCUT2D eigenvalue weighted by Gasteiger charge is -2.12. The topological polar surface area (TPSA) is 25.1 Å². The fourth-order valence-corrected chi connectivity index (χ4v) is 9.49. The highest BCUT2D eigenvalue weighted by Crippen LogP contribution is 2.44. The van der Waals surface area contributed by atoms with Crippen molar-refractivity contribution in [3.63, 3.8) is 0 Å². The molecule has 2 atom stereocenters. The molecule has 0 spiro atoms. The van der Waals surface area contributed by atoms with E-state index in [1.165, 1.54) is 19.6 Å². The highest BCUT2D eigenvalue weighted by molar-refractivity contribution is 9.11. The van der Waals surface area contributed by atoms with E-state index in [1.54, 1.807) is 11.8 Å². The molecule has 2 aromatic carbocycles. The number of hydrogen-bond donors (Lipinski definition) is 0. The fraction of sp³-hybridized carbons (Fsp3) is 0.333. The normalized spacial score (nSPS) is 20.7. The van der Waals surface area contributed by atoms with Crippen LogP contribution >= 0.6 is 99.0 Å². The van der Waals surface area contributed by atoms with Crippen LogP contribution in [0.4, 0.5) is 0 Å². The standard InChI is InChI=1S/C18H14Br4O2S3/c19-13-1-11(2-14(20)17(13)25-7-9-5-23-9)27-12-3-15(21)18(16(22)4-12)26-8-10-6-24-10/h1-4,9-10H,5-8H2. The third-order valence-electron chi connectivity index (χ3n) is 3.81. The van der Waals surface area contributed by atoms with Crippen LogP contribution < -0.4 is 0 Å². The smallest absolute Gasteiger partial charge is 0.0903 e. The quantitative estimate of drug-likeness (QED) is 0.209. The fourth-order valence-electron chi connectivity index (χ4n) is 2.28. The Labute approximate surface area is 205 Å². The van der Waals surface area contributed by atoms with Crippen LogP contribution in [-0.4, -0.2) is 36.9 Å². The molecule has 4 rings (SSSR count). The molecule has 0 N–H and O–H groups in total. The van der Waals surface area contributed by atoms with Crippen molar-refractivity contribution in [2.24, 2.45) is 0 Å². The molecule has 2 aromatic rings. The van der Waals surface area contributed by atoms with Crippen LogP contribution in [0.25, 0.3) is 0 Å². The molecule has 2 heterocycles. The molecule has 0 amide bonds. The number of rotatable bonds is 8. The van der Waals surface area contributed by atoms with Gasteiger partial charge in [-0.1, -0.05) is 11.8 Å². The van der Waals surface area contributed by atoms with Gasteiger partial charge in [-0.05, 0) is 88.0 Å². The summed E-state index contributed by atoms with van der Waals surface area (Å²) in [6, 6.07) is 8.72. The summed E-state index contributed by atoms with van der Waals surface area (Å²) < 4.78 is 15.1. The van der Waals surface area contributed by atoms with Gasteiger partial charge in [0.15, 0.2) is 0 Å². The largest absolute Gasteiger partial charge is 0.372 e. The second-order valence-corrected chi connectivity index (χ2v) is 12.7. The monoisotopic (exact) mass is 674 g/mol. The van der Waals surface area contributed by atoms with Crippen LogP contribution in [-0.2, 0) is 9.47 Å². The van der Waals surface area contributed by atoms with E-state index in [0.717, 1.165) is 42.6 Å². The van der Waals surface area contributed by atoms with Gasteiger partial charge in [0.2, 0.25) is 0 Å². The van der Waals surface area contributed by atoms with Crippen molar-refractivity contribution >= 4 is 99.0 Å². The van der Waals surface area contributed by atoms with Crippen LogP contribution in [0.2, 0.25) is 0 Å². The van der Waals surface area contributed by atoms with Gasteiger partial charge >= 0.3 is 0 Å². The molecular weight excluding hydrogens is 664 g/mol. The molecule has 9 heteroatoms. The SMILES string of the molecule is Brc1cc(Sc2cc(Br)c(SCC3CO3)c(Br)c2)cc(Br)c1SCC1CO1. The molecule has 2 fully saturated rings. The van der Waals surface area contributed by atoms with E-state index < -0.39 is 0 Å². The van der Waals surface area contributed by atoms with Gasteiger partial charge < -0.3 is 9.47 Å². The molecule has 144 valence electrons. The minimum Gasteiger partial charge on any atom is -0.372 e. The number of benzene rings is 2. The molecule has 0 aromatic heterocycles. The van der Waals surface area contributed by atoms with Crippen LogP contribution in [0, 0.1) is 0 Å². The summed E-state index contributed by atoms with van der Waals surface area (Å²) in [5.41, 5.74) is 0. The van der Waals surface area contributed by atoms with Crippen molar-refractivity contribution < 1.29 is 9.47 Å². The Morgan fingerprint density at radius 2 is 1.04 bits per heavy atom. The summed E-state index contributed by atoms with van der Waals surface area (Å²) in [5.74, 6) is 1.99. The zero-order valence-electron chi connectivity index (χ0n) is 13.8. The summed E-state index contributed by atoms with van der Waals surface area (Å²) in [5, 5.41) is 0. The number of thioether (sulfide) groups is 2. The molecule has 0 aliphatic carbocycles. The van der Waals surface area contributed by atoms with Crippen molar-refractivity contribution in [2.45, 2.75) is 31.8 Å². The molecule has 0 bridgehead atoms. The number of halogens is 4. The number of hydrogen-bond acceptors (Lipinski definition) is 5. The Bertz CT molecular complexity index is 741. The third kappa shape index (κ3) is 6.17.